The average Bonchev–Trinajstić information content (AvgIpc) is 3.29. The van der Waals surface area contributed by atoms with Gasteiger partial charge >= 0.3 is 5.69 Å². The molecule has 1 N–H and O–H groups in total. The molecule has 0 spiro atoms. The van der Waals surface area contributed by atoms with E-state index >= 15 is 0 Å². The number of hydrogen-bond acceptors (Lipinski definition) is 4. The van der Waals surface area contributed by atoms with Gasteiger partial charge in [0.05, 0.1) is 11.2 Å². The largest absolute Gasteiger partial charge is 0.336 e. The summed E-state index contributed by atoms with van der Waals surface area (Å²) in [5.74, 6) is -0.809. The van der Waals surface area contributed by atoms with E-state index in [1.54, 1.807) is 18.4 Å². The summed E-state index contributed by atoms with van der Waals surface area (Å²) < 4.78 is 16.4. The summed E-state index contributed by atoms with van der Waals surface area (Å²) in [6.07, 6.45) is 3.21. The zero-order chi connectivity index (χ0) is 23.5. The molecule has 4 rings (SSSR count). The van der Waals surface area contributed by atoms with Crippen LogP contribution in [0.3, 0.4) is 0 Å². The second-order valence-corrected chi connectivity index (χ2v) is 8.84. The number of aromatic nitrogens is 2. The number of rotatable bonds is 7. The Labute approximate surface area is 193 Å². The van der Waals surface area contributed by atoms with Crippen molar-refractivity contribution >= 4 is 33.1 Å². The number of carbonyl (C=O) groups is 1. The van der Waals surface area contributed by atoms with Crippen LogP contribution in [0.25, 0.3) is 15.9 Å². The highest BCUT2D eigenvalue weighted by molar-refractivity contribution is 7.17. The molecule has 0 aliphatic rings. The number of unbranched alkanes of at least 4 members (excludes halogenated alkanes) is 1. The first-order valence-electron chi connectivity index (χ1n) is 10.8. The smallest absolute Gasteiger partial charge is 0.325 e. The molecule has 33 heavy (non-hydrogen) atoms. The predicted octanol–water partition coefficient (Wildman–Crippen LogP) is 4.64. The van der Waals surface area contributed by atoms with Gasteiger partial charge < -0.3 is 5.32 Å². The number of nitrogens with zero attached hydrogens (tertiary/aromatic N) is 2. The molecule has 2 aromatic carbocycles. The van der Waals surface area contributed by atoms with E-state index in [-0.39, 0.29) is 18.1 Å². The van der Waals surface area contributed by atoms with Gasteiger partial charge in [-0.05, 0) is 72.7 Å². The fourth-order valence-electron chi connectivity index (χ4n) is 3.72. The maximum Gasteiger partial charge on any atom is 0.336 e. The number of nitrogens with one attached hydrogen (secondary N) is 1. The lowest BCUT2D eigenvalue weighted by Crippen LogP contribution is -2.40. The fourth-order valence-corrected chi connectivity index (χ4v) is 4.54. The zero-order valence-electron chi connectivity index (χ0n) is 18.4. The van der Waals surface area contributed by atoms with Crippen molar-refractivity contribution in [3.63, 3.8) is 0 Å². The highest BCUT2D eigenvalue weighted by Crippen LogP contribution is 2.18. The van der Waals surface area contributed by atoms with Gasteiger partial charge in [0.15, 0.2) is 0 Å². The van der Waals surface area contributed by atoms with E-state index in [1.165, 1.54) is 39.7 Å². The summed E-state index contributed by atoms with van der Waals surface area (Å²) in [4.78, 5) is 39.1. The van der Waals surface area contributed by atoms with Crippen molar-refractivity contribution in [2.24, 2.45) is 0 Å². The Kier molecular flexibility index (Phi) is 6.55. The number of carbonyl (C=O) groups excluding carboxylic acids is 1. The number of halogens is 1. The number of benzene rings is 2. The molecular formula is C25H24FN3O3S. The Morgan fingerprint density at radius 3 is 2.55 bits per heavy atom. The van der Waals surface area contributed by atoms with Gasteiger partial charge in [-0.25, -0.2) is 13.8 Å². The Morgan fingerprint density at radius 1 is 1.09 bits per heavy atom. The van der Waals surface area contributed by atoms with Crippen molar-refractivity contribution in [1.82, 2.24) is 9.13 Å². The first-order chi connectivity index (χ1) is 15.9. The molecule has 2 heterocycles. The number of hydrogen-bond donors (Lipinski definition) is 1. The lowest BCUT2D eigenvalue weighted by atomic mass is 10.1. The first-order valence-corrected chi connectivity index (χ1v) is 11.7. The van der Waals surface area contributed by atoms with Gasteiger partial charge in [0, 0.05) is 5.69 Å². The predicted molar refractivity (Wildman–Crippen MR) is 130 cm³/mol. The van der Waals surface area contributed by atoms with E-state index in [2.05, 4.69) is 12.2 Å². The van der Waals surface area contributed by atoms with Crippen LogP contribution in [0.5, 0.6) is 0 Å². The van der Waals surface area contributed by atoms with Crippen LogP contribution in [-0.4, -0.2) is 15.0 Å². The first kappa shape index (κ1) is 22.7. The van der Waals surface area contributed by atoms with Crippen molar-refractivity contribution in [2.45, 2.75) is 39.7 Å². The zero-order valence-corrected chi connectivity index (χ0v) is 19.2. The third-order valence-corrected chi connectivity index (χ3v) is 6.40. The van der Waals surface area contributed by atoms with Gasteiger partial charge in [-0.1, -0.05) is 25.5 Å². The van der Waals surface area contributed by atoms with Gasteiger partial charge in [0.2, 0.25) is 5.91 Å². The van der Waals surface area contributed by atoms with Crippen LogP contribution in [0.1, 0.15) is 30.9 Å². The van der Waals surface area contributed by atoms with E-state index in [9.17, 15) is 18.8 Å². The number of fused-ring (bicyclic) bond motifs is 1. The second kappa shape index (κ2) is 9.54. The van der Waals surface area contributed by atoms with Crippen molar-refractivity contribution in [2.75, 3.05) is 5.32 Å². The number of thiophene rings is 1. The maximum atomic E-state index is 13.7. The van der Waals surface area contributed by atoms with E-state index < -0.39 is 17.1 Å². The third-order valence-electron chi connectivity index (χ3n) is 5.51. The van der Waals surface area contributed by atoms with Crippen LogP contribution >= 0.6 is 11.3 Å². The Balaban J connectivity index is 1.67. The molecule has 2 aromatic heterocycles. The molecule has 0 unspecified atom stereocenters. The summed E-state index contributed by atoms with van der Waals surface area (Å²) in [7, 11) is 0. The normalized spacial score (nSPS) is 11.1. The molecule has 0 bridgehead atoms. The molecule has 0 atom stereocenters. The van der Waals surface area contributed by atoms with Crippen LogP contribution in [0, 0.1) is 12.7 Å². The quantitative estimate of drug-likeness (QED) is 0.432. The monoisotopic (exact) mass is 465 g/mol. The molecule has 6 nitrogen and oxygen atoms in total. The van der Waals surface area contributed by atoms with E-state index in [0.29, 0.717) is 21.5 Å². The Morgan fingerprint density at radius 2 is 1.85 bits per heavy atom. The molecule has 1 amide bonds. The van der Waals surface area contributed by atoms with Gasteiger partial charge in [0.1, 0.15) is 17.1 Å². The summed E-state index contributed by atoms with van der Waals surface area (Å²) in [5, 5.41) is 4.52. The van der Waals surface area contributed by atoms with Crippen LogP contribution < -0.4 is 16.6 Å². The average molecular weight is 466 g/mol. The lowest BCUT2D eigenvalue weighted by molar-refractivity contribution is -0.116. The fraction of sp³-hybridized carbons (Fsp3) is 0.240. The number of amides is 1. The van der Waals surface area contributed by atoms with Crippen LogP contribution in [0.4, 0.5) is 10.1 Å². The summed E-state index contributed by atoms with van der Waals surface area (Å²) >= 11 is 1.19. The number of aryl methyl sites for hydroxylation is 2. The summed E-state index contributed by atoms with van der Waals surface area (Å²) in [5.41, 5.74) is 1.67. The standard InChI is InChI=1S/C25H24FN3O3S/c1-3-4-5-17-6-8-18(9-7-17)27-22(30)15-28-21-12-13-33-23(21)24(31)29(25(28)32)19-10-11-20(26)16(2)14-19/h6-14H,3-5,15H2,1-2H3,(H,27,30). The van der Waals surface area contributed by atoms with E-state index in [4.69, 9.17) is 0 Å². The molecule has 0 aliphatic carbocycles. The van der Waals surface area contributed by atoms with Crippen molar-refractivity contribution in [1.29, 1.82) is 0 Å². The van der Waals surface area contributed by atoms with Crippen molar-refractivity contribution in [3.05, 3.63) is 91.7 Å². The highest BCUT2D eigenvalue weighted by atomic mass is 32.1. The summed E-state index contributed by atoms with van der Waals surface area (Å²) in [6.45, 7) is 3.44. The molecule has 0 saturated carbocycles. The minimum Gasteiger partial charge on any atom is -0.325 e. The minimum absolute atomic E-state index is 0.260. The van der Waals surface area contributed by atoms with Crippen LogP contribution in [-0.2, 0) is 17.8 Å². The van der Waals surface area contributed by atoms with Gasteiger partial charge in [-0.15, -0.1) is 11.3 Å². The van der Waals surface area contributed by atoms with Crippen LogP contribution in [0.2, 0.25) is 0 Å². The molecule has 0 fully saturated rings. The van der Waals surface area contributed by atoms with Crippen molar-refractivity contribution < 1.29 is 9.18 Å². The molecular weight excluding hydrogens is 441 g/mol. The van der Waals surface area contributed by atoms with Crippen molar-refractivity contribution in [3.8, 4) is 5.69 Å². The van der Waals surface area contributed by atoms with E-state index in [1.807, 2.05) is 24.3 Å². The minimum atomic E-state index is -0.651. The molecule has 0 saturated heterocycles. The van der Waals surface area contributed by atoms with Gasteiger partial charge in [-0.2, -0.15) is 0 Å². The lowest BCUT2D eigenvalue weighted by Gasteiger charge is -2.13. The van der Waals surface area contributed by atoms with Gasteiger partial charge in [-0.3, -0.25) is 14.2 Å². The van der Waals surface area contributed by atoms with Crippen LogP contribution in [0.15, 0.2) is 63.5 Å². The van der Waals surface area contributed by atoms with E-state index in [0.717, 1.165) is 23.8 Å². The maximum absolute atomic E-state index is 13.7. The second-order valence-electron chi connectivity index (χ2n) is 7.93. The highest BCUT2D eigenvalue weighted by Gasteiger charge is 2.18. The SMILES string of the molecule is CCCCc1ccc(NC(=O)Cn2c(=O)n(-c3ccc(F)c(C)c3)c(=O)c3sccc32)cc1. The molecule has 0 radical (unpaired) electrons. The number of anilines is 1. The molecule has 4 aromatic rings. The summed E-state index contributed by atoms with van der Waals surface area (Å²) in [6, 6.07) is 13.3. The topological polar surface area (TPSA) is 73.1 Å². The Hall–Kier alpha value is -3.52. The molecule has 8 heteroatoms. The molecule has 170 valence electrons. The molecule has 0 aliphatic heterocycles. The Bertz CT molecular complexity index is 1430. The third kappa shape index (κ3) is 4.66. The van der Waals surface area contributed by atoms with Gasteiger partial charge in [0.25, 0.3) is 5.56 Å².